The van der Waals surface area contributed by atoms with E-state index in [0.29, 0.717) is 12.0 Å². The summed E-state index contributed by atoms with van der Waals surface area (Å²) >= 11 is 0. The molecule has 4 rings (SSSR count). The number of benzene rings is 2. The third-order valence-corrected chi connectivity index (χ3v) is 7.56. The standard InChI is InChI=1S/C27H34N2O4/c1-19(30)33-25-16-22(29(3)26(31)20-9-6-5-7-10-20)17-27(13-14-28(2)18-24(25)27)21-11-8-12-23(15-21)32-4/h5-12,15,22,24-25H,13-14,16-18H2,1-4H3. The summed E-state index contributed by atoms with van der Waals surface area (Å²) in [5.74, 6) is 0.683. The van der Waals surface area contributed by atoms with Gasteiger partial charge >= 0.3 is 5.97 Å². The SMILES string of the molecule is COc1cccc(C23CCN(C)CC2C(OC(C)=O)CC(N(C)C(=O)c2ccccc2)C3)c1. The first kappa shape index (κ1) is 23.3. The molecule has 2 aromatic rings. The number of hydrogen-bond acceptors (Lipinski definition) is 5. The molecule has 6 nitrogen and oxygen atoms in total. The van der Waals surface area contributed by atoms with Gasteiger partial charge in [-0.05, 0) is 56.3 Å². The maximum atomic E-state index is 13.3. The Morgan fingerprint density at radius 2 is 1.88 bits per heavy atom. The molecule has 1 saturated carbocycles. The third kappa shape index (κ3) is 4.62. The Morgan fingerprint density at radius 1 is 1.12 bits per heavy atom. The molecule has 1 aliphatic heterocycles. The van der Waals surface area contributed by atoms with E-state index < -0.39 is 0 Å². The molecule has 1 amide bonds. The lowest BCUT2D eigenvalue weighted by Gasteiger charge is -2.56. The fourth-order valence-corrected chi connectivity index (χ4v) is 5.84. The van der Waals surface area contributed by atoms with Crippen molar-refractivity contribution in [3.8, 4) is 5.75 Å². The first-order valence-corrected chi connectivity index (χ1v) is 11.7. The van der Waals surface area contributed by atoms with Gasteiger partial charge < -0.3 is 19.3 Å². The molecule has 2 aromatic carbocycles. The van der Waals surface area contributed by atoms with Gasteiger partial charge in [0.05, 0.1) is 7.11 Å². The summed E-state index contributed by atoms with van der Waals surface area (Å²) in [5.41, 5.74) is 1.65. The molecular weight excluding hydrogens is 416 g/mol. The van der Waals surface area contributed by atoms with Gasteiger partial charge in [-0.15, -0.1) is 0 Å². The zero-order valence-corrected chi connectivity index (χ0v) is 20.0. The zero-order chi connectivity index (χ0) is 23.6. The van der Waals surface area contributed by atoms with Crippen molar-refractivity contribution in [3.63, 3.8) is 0 Å². The van der Waals surface area contributed by atoms with Crippen LogP contribution in [0.25, 0.3) is 0 Å². The minimum Gasteiger partial charge on any atom is -0.497 e. The fraction of sp³-hybridized carbons (Fsp3) is 0.481. The number of rotatable bonds is 5. The average molecular weight is 451 g/mol. The highest BCUT2D eigenvalue weighted by molar-refractivity contribution is 5.94. The van der Waals surface area contributed by atoms with E-state index in [0.717, 1.165) is 31.7 Å². The molecule has 2 aliphatic rings. The molecule has 1 heterocycles. The van der Waals surface area contributed by atoms with Gasteiger partial charge in [0.25, 0.3) is 5.91 Å². The molecule has 1 aliphatic carbocycles. The maximum Gasteiger partial charge on any atom is 0.302 e. The summed E-state index contributed by atoms with van der Waals surface area (Å²) in [6, 6.07) is 17.6. The van der Waals surface area contributed by atoms with Crippen LogP contribution in [0, 0.1) is 5.92 Å². The van der Waals surface area contributed by atoms with Crippen LogP contribution in [0.3, 0.4) is 0 Å². The molecule has 0 radical (unpaired) electrons. The highest BCUT2D eigenvalue weighted by Crippen LogP contribution is 2.51. The molecule has 0 N–H and O–H groups in total. The lowest BCUT2D eigenvalue weighted by Crippen LogP contribution is -2.61. The van der Waals surface area contributed by atoms with Gasteiger partial charge in [0.15, 0.2) is 0 Å². The van der Waals surface area contributed by atoms with Gasteiger partial charge in [-0.25, -0.2) is 0 Å². The number of likely N-dealkylation sites (tertiary alicyclic amines) is 1. The second-order valence-corrected chi connectivity index (χ2v) is 9.53. The second-order valence-electron chi connectivity index (χ2n) is 9.53. The van der Waals surface area contributed by atoms with Crippen molar-refractivity contribution in [2.75, 3.05) is 34.3 Å². The third-order valence-electron chi connectivity index (χ3n) is 7.56. The van der Waals surface area contributed by atoms with Crippen molar-refractivity contribution in [1.29, 1.82) is 0 Å². The van der Waals surface area contributed by atoms with Gasteiger partial charge in [-0.2, -0.15) is 0 Å². The lowest BCUT2D eigenvalue weighted by atomic mass is 9.56. The number of methoxy groups -OCH3 is 1. The monoisotopic (exact) mass is 450 g/mol. The van der Waals surface area contributed by atoms with Crippen LogP contribution in [0.4, 0.5) is 0 Å². The molecule has 2 fully saturated rings. The minimum atomic E-state index is -0.273. The molecule has 176 valence electrons. The number of carbonyl (C=O) groups excluding carboxylic acids is 2. The molecule has 0 bridgehead atoms. The summed E-state index contributed by atoms with van der Waals surface area (Å²) in [6.45, 7) is 3.27. The van der Waals surface area contributed by atoms with Crippen LogP contribution in [0.5, 0.6) is 5.75 Å². The number of hydrogen-bond donors (Lipinski definition) is 0. The van der Waals surface area contributed by atoms with E-state index in [4.69, 9.17) is 9.47 Å². The Morgan fingerprint density at radius 3 is 2.58 bits per heavy atom. The summed E-state index contributed by atoms with van der Waals surface area (Å²) in [6.07, 6.45) is 2.13. The summed E-state index contributed by atoms with van der Waals surface area (Å²) in [4.78, 5) is 29.6. The first-order chi connectivity index (χ1) is 15.8. The van der Waals surface area contributed by atoms with Crippen molar-refractivity contribution in [2.45, 2.75) is 43.7 Å². The van der Waals surface area contributed by atoms with E-state index in [9.17, 15) is 9.59 Å². The molecule has 33 heavy (non-hydrogen) atoms. The van der Waals surface area contributed by atoms with E-state index in [1.54, 1.807) is 7.11 Å². The van der Waals surface area contributed by atoms with Crippen molar-refractivity contribution in [3.05, 3.63) is 65.7 Å². The second kappa shape index (κ2) is 9.56. The number of ether oxygens (including phenoxy) is 2. The predicted octanol–water partition coefficient (Wildman–Crippen LogP) is 3.75. The van der Waals surface area contributed by atoms with E-state index >= 15 is 0 Å². The summed E-state index contributed by atoms with van der Waals surface area (Å²) in [5, 5.41) is 0. The molecule has 1 saturated heterocycles. The van der Waals surface area contributed by atoms with Crippen LogP contribution in [0.15, 0.2) is 54.6 Å². The maximum absolute atomic E-state index is 13.3. The van der Waals surface area contributed by atoms with Crippen molar-refractivity contribution in [1.82, 2.24) is 9.80 Å². The number of esters is 1. The van der Waals surface area contributed by atoms with Gasteiger partial charge in [0.2, 0.25) is 0 Å². The molecular formula is C27H34N2O4. The van der Waals surface area contributed by atoms with Crippen LogP contribution < -0.4 is 4.74 Å². The highest BCUT2D eigenvalue weighted by atomic mass is 16.5. The van der Waals surface area contributed by atoms with Crippen molar-refractivity contribution < 1.29 is 19.1 Å². The molecule has 0 spiro atoms. The Kier molecular flexibility index (Phi) is 6.75. The first-order valence-electron chi connectivity index (χ1n) is 11.7. The van der Waals surface area contributed by atoms with Gasteiger partial charge in [-0.3, -0.25) is 9.59 Å². The number of fused-ring (bicyclic) bond motifs is 1. The highest BCUT2D eigenvalue weighted by Gasteiger charge is 2.54. The lowest BCUT2D eigenvalue weighted by molar-refractivity contribution is -0.158. The minimum absolute atomic E-state index is 0.00524. The van der Waals surface area contributed by atoms with E-state index in [1.165, 1.54) is 12.5 Å². The predicted molar refractivity (Wildman–Crippen MR) is 127 cm³/mol. The Labute approximate surface area is 196 Å². The zero-order valence-electron chi connectivity index (χ0n) is 20.0. The van der Waals surface area contributed by atoms with Crippen LogP contribution in [-0.2, 0) is 14.9 Å². The van der Waals surface area contributed by atoms with E-state index in [1.807, 2.05) is 54.4 Å². The Hall–Kier alpha value is -2.86. The fourth-order valence-electron chi connectivity index (χ4n) is 5.84. The molecule has 0 aromatic heterocycles. The molecule has 6 heteroatoms. The average Bonchev–Trinajstić information content (AvgIpc) is 2.83. The Balaban J connectivity index is 1.75. The molecule has 4 unspecified atom stereocenters. The summed E-state index contributed by atoms with van der Waals surface area (Å²) in [7, 11) is 5.68. The van der Waals surface area contributed by atoms with E-state index in [2.05, 4.69) is 24.1 Å². The van der Waals surface area contributed by atoms with Crippen LogP contribution in [-0.4, -0.2) is 68.1 Å². The normalized spacial score (nSPS) is 27.3. The Bertz CT molecular complexity index is 995. The largest absolute Gasteiger partial charge is 0.497 e. The number of piperidine rings is 1. The van der Waals surface area contributed by atoms with Crippen LogP contribution in [0.2, 0.25) is 0 Å². The van der Waals surface area contributed by atoms with Crippen molar-refractivity contribution >= 4 is 11.9 Å². The van der Waals surface area contributed by atoms with Crippen LogP contribution in [0.1, 0.15) is 42.1 Å². The quantitative estimate of drug-likeness (QED) is 0.650. The smallest absolute Gasteiger partial charge is 0.302 e. The topological polar surface area (TPSA) is 59.1 Å². The van der Waals surface area contributed by atoms with Gasteiger partial charge in [-0.1, -0.05) is 30.3 Å². The number of amides is 1. The van der Waals surface area contributed by atoms with Crippen LogP contribution >= 0.6 is 0 Å². The van der Waals surface area contributed by atoms with Gasteiger partial charge in [0.1, 0.15) is 11.9 Å². The van der Waals surface area contributed by atoms with E-state index in [-0.39, 0.29) is 35.4 Å². The van der Waals surface area contributed by atoms with Crippen molar-refractivity contribution in [2.24, 2.45) is 5.92 Å². The molecule has 4 atom stereocenters. The summed E-state index contributed by atoms with van der Waals surface area (Å²) < 4.78 is 11.5. The number of nitrogens with zero attached hydrogens (tertiary/aromatic N) is 2. The van der Waals surface area contributed by atoms with Gasteiger partial charge in [0, 0.05) is 49.9 Å². The number of carbonyl (C=O) groups is 2.